The number of amides is 1. The molecule has 0 saturated carbocycles. The molecule has 1 saturated heterocycles. The molecule has 2 rings (SSSR count). The molecular weight excluding hydrogens is 353 g/mol. The van der Waals surface area contributed by atoms with E-state index in [1.54, 1.807) is 0 Å². The van der Waals surface area contributed by atoms with Gasteiger partial charge in [0.1, 0.15) is 0 Å². The molecule has 0 aliphatic carbocycles. The summed E-state index contributed by atoms with van der Waals surface area (Å²) in [5.41, 5.74) is -0.774. The Morgan fingerprint density at radius 3 is 2.43 bits per heavy atom. The van der Waals surface area contributed by atoms with Crippen molar-refractivity contribution in [1.82, 2.24) is 4.90 Å². The first-order chi connectivity index (χ1) is 9.82. The van der Waals surface area contributed by atoms with E-state index in [9.17, 15) is 18.0 Å². The molecule has 21 heavy (non-hydrogen) atoms. The molecule has 0 bridgehead atoms. The summed E-state index contributed by atoms with van der Waals surface area (Å²) in [5, 5.41) is 11.7. The molecule has 8 heteroatoms. The van der Waals surface area contributed by atoms with E-state index in [0.717, 1.165) is 6.07 Å². The number of nitrogens with zero attached hydrogens (tertiary/aromatic N) is 2. The highest BCUT2D eigenvalue weighted by Crippen LogP contribution is 2.34. The zero-order valence-electron chi connectivity index (χ0n) is 10.8. The number of halogens is 4. The quantitative estimate of drug-likeness (QED) is 0.612. The molecule has 1 amide bonds. The molecule has 1 fully saturated rings. The van der Waals surface area contributed by atoms with Gasteiger partial charge in [0.15, 0.2) is 0 Å². The number of oxime groups is 1. The van der Waals surface area contributed by atoms with Gasteiger partial charge in [-0.2, -0.15) is 13.2 Å². The number of benzene rings is 1. The van der Waals surface area contributed by atoms with Crippen molar-refractivity contribution in [1.29, 1.82) is 0 Å². The van der Waals surface area contributed by atoms with Crippen molar-refractivity contribution >= 4 is 27.5 Å². The Balaban J connectivity index is 2.28. The molecule has 114 valence electrons. The third kappa shape index (κ3) is 3.55. The van der Waals surface area contributed by atoms with Crippen LogP contribution >= 0.6 is 15.9 Å². The summed E-state index contributed by atoms with van der Waals surface area (Å²) in [6, 6.07) is 3.48. The van der Waals surface area contributed by atoms with Crippen LogP contribution in [0, 0.1) is 0 Å². The largest absolute Gasteiger partial charge is 0.417 e. The predicted octanol–water partition coefficient (Wildman–Crippen LogP) is 3.53. The molecule has 1 aliphatic rings. The highest BCUT2D eigenvalue weighted by Gasteiger charge is 2.36. The SMILES string of the molecule is O=C(c1ccc(Br)cc1C(F)(F)F)N1CCC(=NO)CC1. The van der Waals surface area contributed by atoms with Gasteiger partial charge in [0, 0.05) is 30.4 Å². The van der Waals surface area contributed by atoms with E-state index in [0.29, 0.717) is 18.6 Å². The summed E-state index contributed by atoms with van der Waals surface area (Å²) >= 11 is 2.98. The fraction of sp³-hybridized carbons (Fsp3) is 0.385. The highest BCUT2D eigenvalue weighted by atomic mass is 79.9. The minimum Gasteiger partial charge on any atom is -0.411 e. The fourth-order valence-electron chi connectivity index (χ4n) is 2.18. The summed E-state index contributed by atoms with van der Waals surface area (Å²) in [6.07, 6.45) is -3.87. The van der Waals surface area contributed by atoms with Crippen molar-refractivity contribution < 1.29 is 23.2 Å². The van der Waals surface area contributed by atoms with Gasteiger partial charge in [0.25, 0.3) is 5.91 Å². The van der Waals surface area contributed by atoms with Crippen LogP contribution in [0.2, 0.25) is 0 Å². The third-order valence-electron chi connectivity index (χ3n) is 3.29. The second-order valence-corrected chi connectivity index (χ2v) is 5.56. The minimum absolute atomic E-state index is 0.242. The number of hydrogen-bond donors (Lipinski definition) is 1. The fourth-order valence-corrected chi connectivity index (χ4v) is 2.54. The average molecular weight is 365 g/mol. The van der Waals surface area contributed by atoms with Crippen LogP contribution in [-0.2, 0) is 6.18 Å². The number of piperidine rings is 1. The van der Waals surface area contributed by atoms with Crippen LogP contribution in [0.4, 0.5) is 13.2 Å². The molecule has 1 aliphatic heterocycles. The Morgan fingerprint density at radius 2 is 1.90 bits per heavy atom. The van der Waals surface area contributed by atoms with E-state index in [4.69, 9.17) is 5.21 Å². The van der Waals surface area contributed by atoms with Crippen LogP contribution in [0.5, 0.6) is 0 Å². The molecule has 1 aromatic rings. The van der Waals surface area contributed by atoms with Gasteiger partial charge in [0.2, 0.25) is 0 Å². The van der Waals surface area contributed by atoms with Crippen LogP contribution in [0.3, 0.4) is 0 Å². The standard InChI is InChI=1S/C13H12BrF3N2O2/c14-8-1-2-10(11(7-8)13(15,16)17)12(20)19-5-3-9(18-21)4-6-19/h1-2,7,21H,3-6H2. The van der Waals surface area contributed by atoms with E-state index in [2.05, 4.69) is 21.1 Å². The van der Waals surface area contributed by atoms with Gasteiger partial charge in [-0.05, 0) is 18.2 Å². The lowest BCUT2D eigenvalue weighted by molar-refractivity contribution is -0.138. The molecule has 0 spiro atoms. The molecular formula is C13H12BrF3N2O2. The van der Waals surface area contributed by atoms with Crippen molar-refractivity contribution in [3.63, 3.8) is 0 Å². The zero-order chi connectivity index (χ0) is 15.6. The number of carbonyl (C=O) groups excluding carboxylic acids is 1. The Bertz CT molecular complexity index is 577. The molecule has 0 radical (unpaired) electrons. The number of alkyl halides is 3. The Kier molecular flexibility index (Phi) is 4.55. The van der Waals surface area contributed by atoms with Gasteiger partial charge in [0.05, 0.1) is 16.8 Å². The number of likely N-dealkylation sites (tertiary alicyclic amines) is 1. The van der Waals surface area contributed by atoms with E-state index in [-0.39, 0.29) is 23.1 Å². The molecule has 0 aromatic heterocycles. The van der Waals surface area contributed by atoms with Crippen molar-refractivity contribution in [2.75, 3.05) is 13.1 Å². The van der Waals surface area contributed by atoms with E-state index < -0.39 is 17.6 Å². The van der Waals surface area contributed by atoms with Gasteiger partial charge in [-0.1, -0.05) is 21.1 Å². The maximum Gasteiger partial charge on any atom is 0.417 e. The highest BCUT2D eigenvalue weighted by molar-refractivity contribution is 9.10. The van der Waals surface area contributed by atoms with E-state index in [1.807, 2.05) is 0 Å². The van der Waals surface area contributed by atoms with Crippen molar-refractivity contribution in [2.24, 2.45) is 5.16 Å². The summed E-state index contributed by atoms with van der Waals surface area (Å²) in [6.45, 7) is 0.483. The molecule has 1 heterocycles. The topological polar surface area (TPSA) is 52.9 Å². The third-order valence-corrected chi connectivity index (χ3v) is 3.78. The van der Waals surface area contributed by atoms with E-state index >= 15 is 0 Å². The average Bonchev–Trinajstić information content (AvgIpc) is 2.45. The van der Waals surface area contributed by atoms with Crippen LogP contribution in [0.15, 0.2) is 27.8 Å². The van der Waals surface area contributed by atoms with Gasteiger partial charge < -0.3 is 10.1 Å². The number of carbonyl (C=O) groups is 1. The Morgan fingerprint density at radius 1 is 1.29 bits per heavy atom. The predicted molar refractivity (Wildman–Crippen MR) is 73.5 cm³/mol. The van der Waals surface area contributed by atoms with E-state index in [1.165, 1.54) is 17.0 Å². The molecule has 0 unspecified atom stereocenters. The summed E-state index contributed by atoms with van der Waals surface area (Å²) < 4.78 is 39.4. The molecule has 4 nitrogen and oxygen atoms in total. The monoisotopic (exact) mass is 364 g/mol. The lowest BCUT2D eigenvalue weighted by Gasteiger charge is -2.28. The maximum atomic E-state index is 13.0. The Hall–Kier alpha value is -1.57. The lowest BCUT2D eigenvalue weighted by Crippen LogP contribution is -2.39. The normalized spacial score (nSPS) is 16.0. The van der Waals surface area contributed by atoms with Gasteiger partial charge in [-0.15, -0.1) is 0 Å². The van der Waals surface area contributed by atoms with Gasteiger partial charge >= 0.3 is 6.18 Å². The first-order valence-electron chi connectivity index (χ1n) is 6.18. The second kappa shape index (κ2) is 6.05. The van der Waals surface area contributed by atoms with Crippen LogP contribution in [-0.4, -0.2) is 34.8 Å². The summed E-state index contributed by atoms with van der Waals surface area (Å²) in [4.78, 5) is 13.6. The lowest BCUT2D eigenvalue weighted by atomic mass is 10.0. The molecule has 1 N–H and O–H groups in total. The first-order valence-corrected chi connectivity index (χ1v) is 6.98. The maximum absolute atomic E-state index is 13.0. The summed E-state index contributed by atoms with van der Waals surface area (Å²) in [5.74, 6) is -0.660. The number of rotatable bonds is 1. The van der Waals surface area contributed by atoms with Gasteiger partial charge in [-0.3, -0.25) is 4.79 Å². The Labute approximate surface area is 127 Å². The number of hydrogen-bond acceptors (Lipinski definition) is 3. The molecule has 0 atom stereocenters. The van der Waals surface area contributed by atoms with Crippen LogP contribution < -0.4 is 0 Å². The van der Waals surface area contributed by atoms with Crippen LogP contribution in [0.1, 0.15) is 28.8 Å². The second-order valence-electron chi connectivity index (χ2n) is 4.65. The molecule has 1 aromatic carbocycles. The minimum atomic E-state index is -4.59. The van der Waals surface area contributed by atoms with Crippen LogP contribution in [0.25, 0.3) is 0 Å². The smallest absolute Gasteiger partial charge is 0.411 e. The zero-order valence-corrected chi connectivity index (χ0v) is 12.4. The first kappa shape index (κ1) is 15.8. The van der Waals surface area contributed by atoms with Gasteiger partial charge in [-0.25, -0.2) is 0 Å². The van der Waals surface area contributed by atoms with Crippen molar-refractivity contribution in [3.8, 4) is 0 Å². The van der Waals surface area contributed by atoms with Crippen molar-refractivity contribution in [3.05, 3.63) is 33.8 Å². The van der Waals surface area contributed by atoms with Crippen molar-refractivity contribution in [2.45, 2.75) is 19.0 Å². The summed E-state index contributed by atoms with van der Waals surface area (Å²) in [7, 11) is 0.